The van der Waals surface area contributed by atoms with Crippen molar-refractivity contribution in [3.63, 3.8) is 0 Å². The average Bonchev–Trinajstić information content (AvgIpc) is 3.37. The van der Waals surface area contributed by atoms with Crippen LogP contribution in [-0.2, 0) is 12.7 Å². The number of rotatable bonds is 5. The Morgan fingerprint density at radius 2 is 1.79 bits per heavy atom. The van der Waals surface area contributed by atoms with Gasteiger partial charge < -0.3 is 4.90 Å². The molecule has 0 atom stereocenters. The van der Waals surface area contributed by atoms with Gasteiger partial charge in [0.15, 0.2) is 0 Å². The Bertz CT molecular complexity index is 685. The van der Waals surface area contributed by atoms with E-state index in [1.807, 2.05) is 4.90 Å². The normalized spacial score (nSPS) is 14.5. The Morgan fingerprint density at radius 1 is 1.04 bits per heavy atom. The second-order valence-electron chi connectivity index (χ2n) is 5.57. The molecule has 2 aromatic heterocycles. The summed E-state index contributed by atoms with van der Waals surface area (Å²) < 4.78 is 37.7. The number of hydrogen-bond acceptors (Lipinski definition) is 6. The summed E-state index contributed by atoms with van der Waals surface area (Å²) in [5, 5.41) is 17.8. The Kier molecular flexibility index (Phi) is 4.29. The van der Waals surface area contributed by atoms with Crippen LogP contribution in [0.3, 0.4) is 0 Å². The van der Waals surface area contributed by atoms with Gasteiger partial charge in [-0.3, -0.25) is 15.4 Å². The van der Waals surface area contributed by atoms with Crippen molar-refractivity contribution in [1.29, 1.82) is 0 Å². The summed E-state index contributed by atoms with van der Waals surface area (Å²) in [5.74, 6) is 0.614. The zero-order chi connectivity index (χ0) is 17.3. The largest absolute Gasteiger partial charge is 0.433 e. The first-order valence-electron chi connectivity index (χ1n) is 7.27. The SMILES string of the molecule is ON(O)c1ccc(N(Cc2ccc(C(F)(F)F)nc2)C2CC2)nc1. The molecule has 0 unspecified atom stereocenters. The van der Waals surface area contributed by atoms with Crippen molar-refractivity contribution in [2.45, 2.75) is 31.6 Å². The van der Waals surface area contributed by atoms with E-state index in [1.165, 1.54) is 24.5 Å². The van der Waals surface area contributed by atoms with E-state index in [9.17, 15) is 13.2 Å². The van der Waals surface area contributed by atoms with Gasteiger partial charge in [-0.25, -0.2) is 4.98 Å². The average molecular weight is 340 g/mol. The highest BCUT2D eigenvalue weighted by molar-refractivity contribution is 5.49. The van der Waals surface area contributed by atoms with Gasteiger partial charge in [0.2, 0.25) is 0 Å². The fourth-order valence-corrected chi connectivity index (χ4v) is 2.33. The molecule has 1 aliphatic carbocycles. The fraction of sp³-hybridized carbons (Fsp3) is 0.333. The molecule has 0 bridgehead atoms. The van der Waals surface area contributed by atoms with E-state index in [1.54, 1.807) is 6.07 Å². The van der Waals surface area contributed by atoms with Crippen molar-refractivity contribution in [1.82, 2.24) is 9.97 Å². The molecule has 0 aromatic carbocycles. The maximum absolute atomic E-state index is 12.6. The van der Waals surface area contributed by atoms with E-state index in [4.69, 9.17) is 10.4 Å². The lowest BCUT2D eigenvalue weighted by Gasteiger charge is -2.24. The zero-order valence-corrected chi connectivity index (χ0v) is 12.5. The monoisotopic (exact) mass is 340 g/mol. The van der Waals surface area contributed by atoms with Crippen molar-refractivity contribution in [3.8, 4) is 0 Å². The van der Waals surface area contributed by atoms with Crippen LogP contribution in [0, 0.1) is 0 Å². The molecule has 0 radical (unpaired) electrons. The van der Waals surface area contributed by atoms with Crippen LogP contribution in [0.15, 0.2) is 36.7 Å². The lowest BCUT2D eigenvalue weighted by atomic mass is 10.2. The number of anilines is 2. The molecular formula is C15H15F3N4O2. The van der Waals surface area contributed by atoms with E-state index in [0.29, 0.717) is 17.9 Å². The number of pyridine rings is 2. The molecule has 2 heterocycles. The molecule has 24 heavy (non-hydrogen) atoms. The summed E-state index contributed by atoms with van der Waals surface area (Å²) in [5.41, 5.74) is -0.157. The number of hydrogen-bond donors (Lipinski definition) is 2. The molecular weight excluding hydrogens is 325 g/mol. The minimum Gasteiger partial charge on any atom is -0.349 e. The number of halogens is 3. The van der Waals surface area contributed by atoms with Crippen LogP contribution in [0.2, 0.25) is 0 Å². The second-order valence-corrected chi connectivity index (χ2v) is 5.57. The predicted octanol–water partition coefficient (Wildman–Crippen LogP) is 3.25. The van der Waals surface area contributed by atoms with Crippen molar-refractivity contribution in [2.75, 3.05) is 10.1 Å². The van der Waals surface area contributed by atoms with E-state index < -0.39 is 11.9 Å². The van der Waals surface area contributed by atoms with Gasteiger partial charge in [-0.15, -0.1) is 5.23 Å². The number of alkyl halides is 3. The third kappa shape index (κ3) is 3.74. The lowest BCUT2D eigenvalue weighted by Crippen LogP contribution is -2.26. The van der Waals surface area contributed by atoms with Crippen molar-refractivity contribution >= 4 is 11.5 Å². The molecule has 0 spiro atoms. The first-order chi connectivity index (χ1) is 11.3. The summed E-state index contributed by atoms with van der Waals surface area (Å²) in [6, 6.07) is 5.76. The topological polar surface area (TPSA) is 72.7 Å². The molecule has 2 aromatic rings. The summed E-state index contributed by atoms with van der Waals surface area (Å²) in [7, 11) is 0. The van der Waals surface area contributed by atoms with Gasteiger partial charge in [-0.1, -0.05) is 6.07 Å². The zero-order valence-electron chi connectivity index (χ0n) is 12.5. The number of aromatic nitrogens is 2. The van der Waals surface area contributed by atoms with Crippen molar-refractivity contribution in [3.05, 3.63) is 47.9 Å². The van der Waals surface area contributed by atoms with Gasteiger partial charge in [0, 0.05) is 18.8 Å². The molecule has 2 N–H and O–H groups in total. The summed E-state index contributed by atoms with van der Waals surface area (Å²) in [6.07, 6.45) is 0.0191. The minimum absolute atomic E-state index is 0.0297. The molecule has 0 aliphatic heterocycles. The molecule has 1 saturated carbocycles. The molecule has 6 nitrogen and oxygen atoms in total. The Hall–Kier alpha value is -2.39. The molecule has 1 aliphatic rings. The molecule has 9 heteroatoms. The molecule has 1 fully saturated rings. The van der Waals surface area contributed by atoms with Gasteiger partial charge in [0.1, 0.15) is 17.2 Å². The van der Waals surface area contributed by atoms with Crippen molar-refractivity contribution < 1.29 is 23.6 Å². The quantitative estimate of drug-likeness (QED) is 0.814. The smallest absolute Gasteiger partial charge is 0.349 e. The maximum Gasteiger partial charge on any atom is 0.433 e. The third-order valence-electron chi connectivity index (χ3n) is 3.71. The van der Waals surface area contributed by atoms with Crippen LogP contribution >= 0.6 is 0 Å². The van der Waals surface area contributed by atoms with E-state index >= 15 is 0 Å². The van der Waals surface area contributed by atoms with E-state index in [-0.39, 0.29) is 17.0 Å². The molecule has 3 rings (SSSR count). The standard InChI is InChI=1S/C15H15F3N4O2/c16-15(17,18)13-5-1-10(7-19-13)9-21(11-2-3-11)14-6-4-12(8-20-14)22(23)24/h1,4-8,11,23-24H,2-3,9H2. The lowest BCUT2D eigenvalue weighted by molar-refractivity contribution is -0.141. The van der Waals surface area contributed by atoms with Crippen LogP contribution in [-0.4, -0.2) is 26.4 Å². The first kappa shape index (κ1) is 16.5. The van der Waals surface area contributed by atoms with Gasteiger partial charge >= 0.3 is 6.18 Å². The summed E-state index contributed by atoms with van der Waals surface area (Å²) >= 11 is 0. The third-order valence-corrected chi connectivity index (χ3v) is 3.71. The summed E-state index contributed by atoms with van der Waals surface area (Å²) in [6.45, 7) is 0.379. The van der Waals surface area contributed by atoms with E-state index in [2.05, 4.69) is 9.97 Å². The molecule has 0 saturated heterocycles. The van der Waals surface area contributed by atoms with Gasteiger partial charge in [-0.2, -0.15) is 13.2 Å². The molecule has 128 valence electrons. The van der Waals surface area contributed by atoms with Crippen molar-refractivity contribution in [2.24, 2.45) is 0 Å². The van der Waals surface area contributed by atoms with Gasteiger partial charge in [0.05, 0.1) is 6.20 Å². The predicted molar refractivity (Wildman–Crippen MR) is 78.7 cm³/mol. The first-order valence-corrected chi connectivity index (χ1v) is 7.27. The highest BCUT2D eigenvalue weighted by Gasteiger charge is 2.33. The highest BCUT2D eigenvalue weighted by Crippen LogP contribution is 2.33. The van der Waals surface area contributed by atoms with E-state index in [0.717, 1.165) is 18.9 Å². The Morgan fingerprint density at radius 3 is 2.25 bits per heavy atom. The van der Waals surface area contributed by atoms with Crippen LogP contribution in [0.25, 0.3) is 0 Å². The minimum atomic E-state index is -4.45. The van der Waals surface area contributed by atoms with Gasteiger partial charge in [0.25, 0.3) is 0 Å². The number of nitrogens with zero attached hydrogens (tertiary/aromatic N) is 4. The second kappa shape index (κ2) is 6.25. The summed E-state index contributed by atoms with van der Waals surface area (Å²) in [4.78, 5) is 9.61. The van der Waals surface area contributed by atoms with Crippen LogP contribution < -0.4 is 10.1 Å². The highest BCUT2D eigenvalue weighted by atomic mass is 19.4. The van der Waals surface area contributed by atoms with Crippen LogP contribution in [0.4, 0.5) is 24.7 Å². The Labute approximate surface area is 135 Å². The Balaban J connectivity index is 1.77. The molecule has 0 amide bonds. The fourth-order valence-electron chi connectivity index (χ4n) is 2.33. The van der Waals surface area contributed by atoms with Gasteiger partial charge in [-0.05, 0) is 36.6 Å². The van der Waals surface area contributed by atoms with Crippen LogP contribution in [0.1, 0.15) is 24.1 Å². The maximum atomic E-state index is 12.6. The van der Waals surface area contributed by atoms with Crippen LogP contribution in [0.5, 0.6) is 0 Å².